The molecule has 0 heterocycles. The first kappa shape index (κ1) is 10.4. The normalized spacial score (nSPS) is 15.0. The average Bonchev–Trinajstić information content (AvgIpc) is 2.79. The molecule has 1 aromatic carbocycles. The number of hydrogen-bond donors (Lipinski definition) is 1. The van der Waals surface area contributed by atoms with Crippen LogP contribution in [0.25, 0.3) is 0 Å². The SMILES string of the molecule is O=C(C=CC1C=CC=C1)c1ccccc1O. The quantitative estimate of drug-likeness (QED) is 0.618. The summed E-state index contributed by atoms with van der Waals surface area (Å²) in [6, 6.07) is 6.55. The van der Waals surface area contributed by atoms with E-state index in [9.17, 15) is 9.90 Å². The van der Waals surface area contributed by atoms with Gasteiger partial charge in [0, 0.05) is 5.92 Å². The second-order valence-corrected chi connectivity index (χ2v) is 3.59. The summed E-state index contributed by atoms with van der Waals surface area (Å²) in [5.41, 5.74) is 0.338. The van der Waals surface area contributed by atoms with Crippen molar-refractivity contribution in [3.05, 3.63) is 66.3 Å². The summed E-state index contributed by atoms with van der Waals surface area (Å²) in [4.78, 5) is 11.7. The fourth-order valence-electron chi connectivity index (χ4n) is 1.55. The van der Waals surface area contributed by atoms with Gasteiger partial charge in [-0.1, -0.05) is 42.5 Å². The van der Waals surface area contributed by atoms with Gasteiger partial charge in [0.1, 0.15) is 5.75 Å². The molecule has 0 amide bonds. The molecular weight excluding hydrogens is 200 g/mol. The van der Waals surface area contributed by atoms with Gasteiger partial charge in [-0.15, -0.1) is 0 Å². The van der Waals surface area contributed by atoms with E-state index in [0.717, 1.165) is 0 Å². The van der Waals surface area contributed by atoms with E-state index in [1.54, 1.807) is 18.2 Å². The Morgan fingerprint density at radius 1 is 1.19 bits per heavy atom. The predicted octanol–water partition coefficient (Wildman–Crippen LogP) is 2.87. The van der Waals surface area contributed by atoms with Crippen LogP contribution < -0.4 is 0 Å². The fraction of sp³-hybridized carbons (Fsp3) is 0.0714. The van der Waals surface area contributed by atoms with E-state index in [0.29, 0.717) is 5.56 Å². The zero-order valence-corrected chi connectivity index (χ0v) is 8.71. The van der Waals surface area contributed by atoms with E-state index < -0.39 is 0 Å². The van der Waals surface area contributed by atoms with Crippen molar-refractivity contribution in [1.29, 1.82) is 0 Å². The molecule has 0 saturated carbocycles. The van der Waals surface area contributed by atoms with E-state index in [1.807, 2.05) is 30.4 Å². The van der Waals surface area contributed by atoms with E-state index in [4.69, 9.17) is 0 Å². The lowest BCUT2D eigenvalue weighted by molar-refractivity contribution is 0.104. The molecule has 0 saturated heterocycles. The number of ketones is 1. The lowest BCUT2D eigenvalue weighted by Gasteiger charge is -1.99. The largest absolute Gasteiger partial charge is 0.507 e. The van der Waals surface area contributed by atoms with Crippen LogP contribution >= 0.6 is 0 Å². The minimum atomic E-state index is -0.174. The average molecular weight is 212 g/mol. The number of rotatable bonds is 3. The second kappa shape index (κ2) is 4.62. The molecule has 0 fully saturated rings. The Morgan fingerprint density at radius 2 is 1.88 bits per heavy atom. The molecule has 16 heavy (non-hydrogen) atoms. The highest BCUT2D eigenvalue weighted by molar-refractivity contribution is 6.06. The number of carbonyl (C=O) groups excluding carboxylic acids is 1. The van der Waals surface area contributed by atoms with Gasteiger partial charge in [0.25, 0.3) is 0 Å². The van der Waals surface area contributed by atoms with E-state index in [2.05, 4.69) is 0 Å². The van der Waals surface area contributed by atoms with Crippen molar-refractivity contribution in [3.63, 3.8) is 0 Å². The van der Waals surface area contributed by atoms with Crippen LogP contribution in [0.3, 0.4) is 0 Å². The molecule has 1 N–H and O–H groups in total. The van der Waals surface area contributed by atoms with Gasteiger partial charge in [-0.3, -0.25) is 4.79 Å². The molecule has 1 aliphatic carbocycles. The van der Waals surface area contributed by atoms with E-state index in [-0.39, 0.29) is 17.5 Å². The smallest absolute Gasteiger partial charge is 0.189 e. The van der Waals surface area contributed by atoms with Gasteiger partial charge >= 0.3 is 0 Å². The maximum Gasteiger partial charge on any atom is 0.189 e. The molecule has 0 aliphatic heterocycles. The molecule has 2 heteroatoms. The van der Waals surface area contributed by atoms with E-state index >= 15 is 0 Å². The lowest BCUT2D eigenvalue weighted by Crippen LogP contribution is -1.95. The molecule has 2 rings (SSSR count). The topological polar surface area (TPSA) is 37.3 Å². The van der Waals surface area contributed by atoms with Gasteiger partial charge < -0.3 is 5.11 Å². The molecule has 0 spiro atoms. The Balaban J connectivity index is 2.11. The standard InChI is InChI=1S/C14H12O2/c15-13-8-4-3-7-12(13)14(16)10-9-11-5-1-2-6-11/h1-11,15H. The molecule has 0 bridgehead atoms. The number of benzene rings is 1. The lowest BCUT2D eigenvalue weighted by atomic mass is 10.1. The van der Waals surface area contributed by atoms with Gasteiger partial charge in [-0.05, 0) is 18.2 Å². The number of para-hydroxylation sites is 1. The number of phenolic OH excluding ortho intramolecular Hbond substituents is 1. The van der Waals surface area contributed by atoms with Crippen LogP contribution in [0.4, 0.5) is 0 Å². The van der Waals surface area contributed by atoms with Gasteiger partial charge in [0.2, 0.25) is 0 Å². The molecule has 1 aliphatic rings. The molecule has 1 aromatic rings. The van der Waals surface area contributed by atoms with Crippen LogP contribution in [0.5, 0.6) is 5.75 Å². The minimum absolute atomic E-state index is 0.0228. The van der Waals surface area contributed by atoms with Crippen molar-refractivity contribution in [1.82, 2.24) is 0 Å². The molecule has 0 radical (unpaired) electrons. The maximum absolute atomic E-state index is 11.7. The van der Waals surface area contributed by atoms with Crippen molar-refractivity contribution in [3.8, 4) is 5.75 Å². The zero-order chi connectivity index (χ0) is 11.4. The monoisotopic (exact) mass is 212 g/mol. The van der Waals surface area contributed by atoms with Gasteiger partial charge in [-0.2, -0.15) is 0 Å². The van der Waals surface area contributed by atoms with E-state index in [1.165, 1.54) is 12.1 Å². The number of aromatic hydroxyl groups is 1. The Hall–Kier alpha value is -2.09. The number of phenols is 1. The highest BCUT2D eigenvalue weighted by Crippen LogP contribution is 2.17. The van der Waals surface area contributed by atoms with Crippen molar-refractivity contribution >= 4 is 5.78 Å². The first-order valence-electron chi connectivity index (χ1n) is 5.13. The summed E-state index contributed by atoms with van der Waals surface area (Å²) in [7, 11) is 0. The molecular formula is C14H12O2. The predicted molar refractivity (Wildman–Crippen MR) is 63.3 cm³/mol. The van der Waals surface area contributed by atoms with Crippen LogP contribution in [0, 0.1) is 5.92 Å². The van der Waals surface area contributed by atoms with Crippen LogP contribution in [0.1, 0.15) is 10.4 Å². The van der Waals surface area contributed by atoms with Crippen LogP contribution in [0.2, 0.25) is 0 Å². The molecule has 80 valence electrons. The Kier molecular flexibility index (Phi) is 3.01. The molecule has 0 aromatic heterocycles. The fourth-order valence-corrected chi connectivity index (χ4v) is 1.55. The first-order chi connectivity index (χ1) is 7.77. The van der Waals surface area contributed by atoms with Crippen LogP contribution in [0.15, 0.2) is 60.7 Å². The van der Waals surface area contributed by atoms with Crippen molar-refractivity contribution in [2.24, 2.45) is 5.92 Å². The third kappa shape index (κ3) is 2.28. The highest BCUT2D eigenvalue weighted by atomic mass is 16.3. The highest BCUT2D eigenvalue weighted by Gasteiger charge is 2.07. The summed E-state index contributed by atoms with van der Waals surface area (Å²) in [6.45, 7) is 0. The summed E-state index contributed by atoms with van der Waals surface area (Å²) in [5.74, 6) is 0.0382. The Bertz CT molecular complexity index is 469. The summed E-state index contributed by atoms with van der Waals surface area (Å²) < 4.78 is 0. The number of carbonyl (C=O) groups is 1. The van der Waals surface area contributed by atoms with Crippen molar-refractivity contribution in [2.75, 3.05) is 0 Å². The number of hydrogen-bond acceptors (Lipinski definition) is 2. The summed E-state index contributed by atoms with van der Waals surface area (Å²) in [5, 5.41) is 9.49. The minimum Gasteiger partial charge on any atom is -0.507 e. The van der Waals surface area contributed by atoms with Crippen LogP contribution in [-0.2, 0) is 0 Å². The maximum atomic E-state index is 11.7. The summed E-state index contributed by atoms with van der Waals surface area (Å²) >= 11 is 0. The Morgan fingerprint density at radius 3 is 2.56 bits per heavy atom. The van der Waals surface area contributed by atoms with Gasteiger partial charge in [0.05, 0.1) is 5.56 Å². The molecule has 0 unspecified atom stereocenters. The van der Waals surface area contributed by atoms with Gasteiger partial charge in [-0.25, -0.2) is 0 Å². The van der Waals surface area contributed by atoms with Crippen LogP contribution in [-0.4, -0.2) is 10.9 Å². The van der Waals surface area contributed by atoms with Crippen molar-refractivity contribution < 1.29 is 9.90 Å². The molecule has 2 nitrogen and oxygen atoms in total. The van der Waals surface area contributed by atoms with Gasteiger partial charge in [0.15, 0.2) is 5.78 Å². The zero-order valence-electron chi connectivity index (χ0n) is 8.71. The molecule has 0 atom stereocenters. The van der Waals surface area contributed by atoms with Crippen molar-refractivity contribution in [2.45, 2.75) is 0 Å². The first-order valence-corrected chi connectivity index (χ1v) is 5.13. The third-order valence-corrected chi connectivity index (χ3v) is 2.42. The Labute approximate surface area is 94.2 Å². The number of allylic oxidation sites excluding steroid dienone is 6. The summed E-state index contributed by atoms with van der Waals surface area (Å²) in [6.07, 6.45) is 11.2. The third-order valence-electron chi connectivity index (χ3n) is 2.42. The second-order valence-electron chi connectivity index (χ2n) is 3.59.